The van der Waals surface area contributed by atoms with Gasteiger partial charge in [0.15, 0.2) is 9.84 Å². The van der Waals surface area contributed by atoms with Gasteiger partial charge in [-0.3, -0.25) is 0 Å². The molecule has 78 valence electrons. The average Bonchev–Trinajstić information content (AvgIpc) is 2.02. The van der Waals surface area contributed by atoms with Crippen molar-refractivity contribution in [3.8, 4) is 0 Å². The first-order chi connectivity index (χ1) is 6.42. The highest BCUT2D eigenvalue weighted by molar-refractivity contribution is 7.91. The Bertz CT molecular complexity index is 393. The summed E-state index contributed by atoms with van der Waals surface area (Å²) in [6, 6.07) is 6.48. The van der Waals surface area contributed by atoms with Crippen LogP contribution in [0.1, 0.15) is 12.5 Å². The minimum Gasteiger partial charge on any atom is -0.327 e. The second-order valence-electron chi connectivity index (χ2n) is 3.57. The lowest BCUT2D eigenvalue weighted by atomic mass is 10.2. The Morgan fingerprint density at radius 3 is 2.21 bits per heavy atom. The molecular weight excluding hydrogens is 198 g/mol. The normalized spacial score (nSPS) is 13.9. The monoisotopic (exact) mass is 213 g/mol. The maximum atomic E-state index is 11.7. The molecule has 0 saturated heterocycles. The molecule has 0 bridgehead atoms. The molecular formula is C10H15NO2S. The van der Waals surface area contributed by atoms with Gasteiger partial charge in [0.25, 0.3) is 0 Å². The molecule has 4 heteroatoms. The van der Waals surface area contributed by atoms with Gasteiger partial charge in [0.2, 0.25) is 0 Å². The van der Waals surface area contributed by atoms with Crippen LogP contribution in [0.25, 0.3) is 0 Å². The van der Waals surface area contributed by atoms with Crippen molar-refractivity contribution in [2.45, 2.75) is 24.8 Å². The van der Waals surface area contributed by atoms with E-state index in [-0.39, 0.29) is 11.8 Å². The summed E-state index contributed by atoms with van der Waals surface area (Å²) in [4.78, 5) is 0.348. The Kier molecular flexibility index (Phi) is 3.29. The summed E-state index contributed by atoms with van der Waals surface area (Å²) in [5, 5.41) is 0. The van der Waals surface area contributed by atoms with E-state index < -0.39 is 9.84 Å². The maximum Gasteiger partial charge on any atom is 0.179 e. The zero-order valence-corrected chi connectivity index (χ0v) is 9.21. The van der Waals surface area contributed by atoms with Crippen LogP contribution in [-0.4, -0.2) is 20.2 Å². The lowest BCUT2D eigenvalue weighted by molar-refractivity contribution is 0.590. The summed E-state index contributed by atoms with van der Waals surface area (Å²) in [7, 11) is -3.20. The van der Waals surface area contributed by atoms with E-state index in [1.807, 2.05) is 6.92 Å². The van der Waals surface area contributed by atoms with Crippen molar-refractivity contribution in [3.63, 3.8) is 0 Å². The molecule has 0 aromatic heterocycles. The van der Waals surface area contributed by atoms with Gasteiger partial charge in [0.1, 0.15) is 0 Å². The van der Waals surface area contributed by atoms with Crippen LogP contribution in [0.2, 0.25) is 0 Å². The highest BCUT2D eigenvalue weighted by Gasteiger charge is 2.15. The number of hydrogen-bond donors (Lipinski definition) is 1. The third kappa shape index (κ3) is 2.82. The standard InChI is InChI=1S/C10H15NO2S/c1-8-3-5-10(6-4-8)14(12,13)7-9(2)11/h3-6,9H,7,11H2,1-2H3/t9-/m0/s1. The second-order valence-corrected chi connectivity index (χ2v) is 5.61. The van der Waals surface area contributed by atoms with E-state index in [0.29, 0.717) is 4.90 Å². The molecule has 1 atom stereocenters. The summed E-state index contributed by atoms with van der Waals surface area (Å²) in [5.41, 5.74) is 6.51. The molecule has 0 aliphatic rings. The van der Waals surface area contributed by atoms with Crippen LogP contribution in [0.3, 0.4) is 0 Å². The van der Waals surface area contributed by atoms with Gasteiger partial charge in [-0.15, -0.1) is 0 Å². The molecule has 3 nitrogen and oxygen atoms in total. The Morgan fingerprint density at radius 2 is 1.79 bits per heavy atom. The van der Waals surface area contributed by atoms with Crippen LogP contribution in [0.4, 0.5) is 0 Å². The van der Waals surface area contributed by atoms with E-state index in [9.17, 15) is 8.42 Å². The first-order valence-corrected chi connectivity index (χ1v) is 6.12. The third-order valence-electron chi connectivity index (χ3n) is 1.86. The van der Waals surface area contributed by atoms with Crippen molar-refractivity contribution in [2.75, 3.05) is 5.75 Å². The predicted octanol–water partition coefficient (Wildman–Crippen LogP) is 1.12. The van der Waals surface area contributed by atoms with Crippen LogP contribution in [0.5, 0.6) is 0 Å². The largest absolute Gasteiger partial charge is 0.327 e. The Labute approximate surface area is 84.9 Å². The van der Waals surface area contributed by atoms with E-state index in [0.717, 1.165) is 5.56 Å². The first-order valence-electron chi connectivity index (χ1n) is 4.47. The number of benzene rings is 1. The second kappa shape index (κ2) is 4.11. The third-order valence-corrected chi connectivity index (χ3v) is 3.82. The Hall–Kier alpha value is -0.870. The molecule has 14 heavy (non-hydrogen) atoms. The number of hydrogen-bond acceptors (Lipinski definition) is 3. The zero-order valence-electron chi connectivity index (χ0n) is 8.40. The molecule has 1 aromatic carbocycles. The van der Waals surface area contributed by atoms with Gasteiger partial charge in [-0.2, -0.15) is 0 Å². The zero-order chi connectivity index (χ0) is 10.8. The van der Waals surface area contributed by atoms with Gasteiger partial charge in [-0.25, -0.2) is 8.42 Å². The molecule has 0 aliphatic carbocycles. The van der Waals surface area contributed by atoms with Gasteiger partial charge in [-0.1, -0.05) is 17.7 Å². The Morgan fingerprint density at radius 1 is 1.29 bits per heavy atom. The summed E-state index contributed by atoms with van der Waals surface area (Å²) in [6.45, 7) is 3.60. The van der Waals surface area contributed by atoms with Crippen LogP contribution < -0.4 is 5.73 Å². The minimum atomic E-state index is -3.20. The number of sulfone groups is 1. The summed E-state index contributed by atoms with van der Waals surface area (Å²) in [5.74, 6) is -0.00391. The van der Waals surface area contributed by atoms with E-state index in [2.05, 4.69) is 0 Å². The number of rotatable bonds is 3. The van der Waals surface area contributed by atoms with Crippen molar-refractivity contribution in [3.05, 3.63) is 29.8 Å². The van der Waals surface area contributed by atoms with Crippen LogP contribution in [0, 0.1) is 6.92 Å². The molecule has 0 amide bonds. The molecule has 0 spiro atoms. The molecule has 2 N–H and O–H groups in total. The number of aryl methyl sites for hydroxylation is 1. The lowest BCUT2D eigenvalue weighted by Gasteiger charge is -2.06. The maximum absolute atomic E-state index is 11.7. The highest BCUT2D eigenvalue weighted by atomic mass is 32.2. The molecule has 0 saturated carbocycles. The van der Waals surface area contributed by atoms with E-state index in [4.69, 9.17) is 5.73 Å². The van der Waals surface area contributed by atoms with E-state index >= 15 is 0 Å². The molecule has 0 aliphatic heterocycles. The smallest absolute Gasteiger partial charge is 0.179 e. The van der Waals surface area contributed by atoms with Gasteiger partial charge < -0.3 is 5.73 Å². The van der Waals surface area contributed by atoms with Gasteiger partial charge >= 0.3 is 0 Å². The van der Waals surface area contributed by atoms with Crippen molar-refractivity contribution in [2.24, 2.45) is 5.73 Å². The fourth-order valence-corrected chi connectivity index (χ4v) is 2.62. The molecule has 1 aromatic rings. The molecule has 0 fully saturated rings. The molecule has 0 radical (unpaired) electrons. The minimum absolute atomic E-state index is 0.00391. The van der Waals surface area contributed by atoms with Crippen LogP contribution in [-0.2, 0) is 9.84 Å². The van der Waals surface area contributed by atoms with E-state index in [1.165, 1.54) is 0 Å². The van der Waals surface area contributed by atoms with Crippen molar-refractivity contribution in [1.82, 2.24) is 0 Å². The number of nitrogens with two attached hydrogens (primary N) is 1. The average molecular weight is 213 g/mol. The van der Waals surface area contributed by atoms with Gasteiger partial charge in [0.05, 0.1) is 10.6 Å². The lowest BCUT2D eigenvalue weighted by Crippen LogP contribution is -2.26. The highest BCUT2D eigenvalue weighted by Crippen LogP contribution is 2.12. The summed E-state index contributed by atoms with van der Waals surface area (Å²) < 4.78 is 23.3. The van der Waals surface area contributed by atoms with Gasteiger partial charge in [-0.05, 0) is 26.0 Å². The summed E-state index contributed by atoms with van der Waals surface area (Å²) >= 11 is 0. The van der Waals surface area contributed by atoms with Gasteiger partial charge in [0, 0.05) is 6.04 Å². The predicted molar refractivity (Wildman–Crippen MR) is 56.9 cm³/mol. The fourth-order valence-electron chi connectivity index (χ4n) is 1.19. The topological polar surface area (TPSA) is 60.2 Å². The molecule has 0 heterocycles. The first kappa shape index (κ1) is 11.2. The van der Waals surface area contributed by atoms with Crippen LogP contribution >= 0.6 is 0 Å². The van der Waals surface area contributed by atoms with Crippen molar-refractivity contribution < 1.29 is 8.42 Å². The van der Waals surface area contributed by atoms with Crippen molar-refractivity contribution in [1.29, 1.82) is 0 Å². The van der Waals surface area contributed by atoms with E-state index in [1.54, 1.807) is 31.2 Å². The fraction of sp³-hybridized carbons (Fsp3) is 0.400. The quantitative estimate of drug-likeness (QED) is 0.818. The Balaban J connectivity index is 2.99. The van der Waals surface area contributed by atoms with Crippen molar-refractivity contribution >= 4 is 9.84 Å². The molecule has 0 unspecified atom stereocenters. The SMILES string of the molecule is Cc1ccc(S(=O)(=O)C[C@H](C)N)cc1. The molecule has 1 rings (SSSR count). The van der Waals surface area contributed by atoms with Crippen LogP contribution in [0.15, 0.2) is 29.2 Å². The summed E-state index contributed by atoms with van der Waals surface area (Å²) in [6.07, 6.45) is 0.